The zero-order valence-electron chi connectivity index (χ0n) is 14.0. The molecule has 6 nitrogen and oxygen atoms in total. The number of halogens is 3. The Kier molecular flexibility index (Phi) is 5.27. The molecule has 0 atom stereocenters. The topological polar surface area (TPSA) is 69.7 Å². The van der Waals surface area contributed by atoms with Gasteiger partial charge in [0.1, 0.15) is 0 Å². The molecule has 2 fully saturated rings. The van der Waals surface area contributed by atoms with Gasteiger partial charge in [-0.3, -0.25) is 9.69 Å². The van der Waals surface area contributed by atoms with Gasteiger partial charge in [0.25, 0.3) is 0 Å². The van der Waals surface area contributed by atoms with Gasteiger partial charge in [-0.1, -0.05) is 6.07 Å². The van der Waals surface area contributed by atoms with Gasteiger partial charge in [0.2, 0.25) is 15.9 Å². The van der Waals surface area contributed by atoms with Gasteiger partial charge in [-0.05, 0) is 31.0 Å². The third kappa shape index (κ3) is 4.54. The summed E-state index contributed by atoms with van der Waals surface area (Å²) in [5.41, 5.74) is -0.742. The summed E-state index contributed by atoms with van der Waals surface area (Å²) in [6, 6.07) is 4.46. The third-order valence-electron chi connectivity index (χ3n) is 4.48. The van der Waals surface area contributed by atoms with Crippen molar-refractivity contribution in [1.29, 1.82) is 0 Å². The second-order valence-corrected chi connectivity index (χ2v) is 8.76. The standard InChI is InChI=1S/C16H20F3N3O3S/c17-16(18,19)12-2-1-3-13(10-12)20-15(23)11-21-6-8-22(9-7-21)26(24,25)14-4-5-14/h1-3,10,14H,4-9,11H2,(H,20,23). The van der Waals surface area contributed by atoms with Gasteiger partial charge < -0.3 is 5.32 Å². The molecule has 1 aliphatic carbocycles. The van der Waals surface area contributed by atoms with Crippen molar-refractivity contribution in [3.63, 3.8) is 0 Å². The van der Waals surface area contributed by atoms with Gasteiger partial charge in [0, 0.05) is 31.9 Å². The van der Waals surface area contributed by atoms with E-state index in [0.717, 1.165) is 12.1 Å². The number of sulfonamides is 1. The number of carbonyl (C=O) groups excluding carboxylic acids is 1. The minimum absolute atomic E-state index is 0.00750. The fraction of sp³-hybridized carbons (Fsp3) is 0.562. The molecule has 1 saturated heterocycles. The summed E-state index contributed by atoms with van der Waals surface area (Å²) in [5.74, 6) is -0.428. The highest BCUT2D eigenvalue weighted by molar-refractivity contribution is 7.90. The van der Waals surface area contributed by atoms with Crippen LogP contribution in [0.5, 0.6) is 0 Å². The maximum Gasteiger partial charge on any atom is 0.416 e. The van der Waals surface area contributed by atoms with Crippen molar-refractivity contribution in [3.05, 3.63) is 29.8 Å². The van der Waals surface area contributed by atoms with Crippen LogP contribution in [0.15, 0.2) is 24.3 Å². The number of alkyl halides is 3. The average molecular weight is 391 g/mol. The van der Waals surface area contributed by atoms with Crippen molar-refractivity contribution >= 4 is 21.6 Å². The van der Waals surface area contributed by atoms with E-state index in [0.29, 0.717) is 39.0 Å². The molecule has 0 bridgehead atoms. The summed E-state index contributed by atoms with van der Waals surface area (Å²) in [6.45, 7) is 1.50. The van der Waals surface area contributed by atoms with E-state index in [9.17, 15) is 26.4 Å². The number of hydrogen-bond donors (Lipinski definition) is 1. The molecule has 144 valence electrons. The highest BCUT2D eigenvalue weighted by atomic mass is 32.2. The van der Waals surface area contributed by atoms with E-state index < -0.39 is 27.7 Å². The number of nitrogens with one attached hydrogen (secondary N) is 1. The van der Waals surface area contributed by atoms with Crippen LogP contribution in [-0.2, 0) is 21.0 Å². The van der Waals surface area contributed by atoms with Crippen molar-refractivity contribution in [2.45, 2.75) is 24.3 Å². The van der Waals surface area contributed by atoms with Crippen LogP contribution in [0, 0.1) is 0 Å². The lowest BCUT2D eigenvalue weighted by molar-refractivity contribution is -0.137. The first-order valence-corrected chi connectivity index (χ1v) is 9.85. The Morgan fingerprint density at radius 3 is 2.38 bits per heavy atom. The number of hydrogen-bond acceptors (Lipinski definition) is 4. The Bertz CT molecular complexity index is 770. The van der Waals surface area contributed by atoms with Crippen molar-refractivity contribution in [3.8, 4) is 0 Å². The number of rotatable bonds is 5. The molecule has 1 aliphatic heterocycles. The number of carbonyl (C=O) groups is 1. The van der Waals surface area contributed by atoms with Crippen LogP contribution in [-0.4, -0.2) is 61.5 Å². The van der Waals surface area contributed by atoms with Crippen molar-refractivity contribution in [2.75, 3.05) is 38.0 Å². The molecule has 1 amide bonds. The van der Waals surface area contributed by atoms with Gasteiger partial charge in [-0.15, -0.1) is 0 Å². The average Bonchev–Trinajstić information content (AvgIpc) is 3.40. The van der Waals surface area contributed by atoms with Gasteiger partial charge >= 0.3 is 6.18 Å². The van der Waals surface area contributed by atoms with Crippen LogP contribution in [0.25, 0.3) is 0 Å². The minimum Gasteiger partial charge on any atom is -0.325 e. The molecular weight excluding hydrogens is 371 g/mol. The monoisotopic (exact) mass is 391 g/mol. The van der Waals surface area contributed by atoms with E-state index in [2.05, 4.69) is 5.32 Å². The largest absolute Gasteiger partial charge is 0.416 e. The zero-order valence-corrected chi connectivity index (χ0v) is 14.8. The predicted octanol–water partition coefficient (Wildman–Crippen LogP) is 1.75. The summed E-state index contributed by atoms with van der Waals surface area (Å²) < 4.78 is 63.9. The lowest BCUT2D eigenvalue weighted by Crippen LogP contribution is -2.51. The Labute approximate surface area is 150 Å². The second kappa shape index (κ2) is 7.16. The van der Waals surface area contributed by atoms with E-state index in [-0.39, 0.29) is 17.5 Å². The molecule has 1 saturated carbocycles. The van der Waals surface area contributed by atoms with E-state index in [1.165, 1.54) is 16.4 Å². The molecule has 1 aromatic carbocycles. The predicted molar refractivity (Wildman–Crippen MR) is 90.0 cm³/mol. The SMILES string of the molecule is O=C(CN1CCN(S(=O)(=O)C2CC2)CC1)Nc1cccc(C(F)(F)F)c1. The number of piperazine rings is 1. The molecule has 3 rings (SSSR count). The first-order valence-electron chi connectivity index (χ1n) is 8.35. The normalized spacial score (nSPS) is 20.1. The molecule has 26 heavy (non-hydrogen) atoms. The molecule has 0 spiro atoms. The molecular formula is C16H20F3N3O3S. The van der Waals surface area contributed by atoms with Crippen molar-refractivity contribution in [2.24, 2.45) is 0 Å². The Hall–Kier alpha value is -1.65. The second-order valence-electron chi connectivity index (χ2n) is 6.55. The van der Waals surface area contributed by atoms with E-state index in [1.807, 2.05) is 0 Å². The number of nitrogens with zero attached hydrogens (tertiary/aromatic N) is 2. The summed E-state index contributed by atoms with van der Waals surface area (Å²) in [5, 5.41) is 2.21. The number of amides is 1. The van der Waals surface area contributed by atoms with Crippen LogP contribution < -0.4 is 5.32 Å². The van der Waals surface area contributed by atoms with E-state index in [1.54, 1.807) is 4.90 Å². The van der Waals surface area contributed by atoms with Gasteiger partial charge in [0.05, 0.1) is 17.4 Å². The Morgan fingerprint density at radius 1 is 1.15 bits per heavy atom. The number of anilines is 1. The molecule has 0 unspecified atom stereocenters. The molecule has 0 radical (unpaired) electrons. The molecule has 0 aromatic heterocycles. The van der Waals surface area contributed by atoms with Crippen molar-refractivity contribution in [1.82, 2.24) is 9.21 Å². The quantitative estimate of drug-likeness (QED) is 0.830. The first kappa shape index (κ1) is 19.1. The van der Waals surface area contributed by atoms with Gasteiger partial charge in [0.15, 0.2) is 0 Å². The maximum absolute atomic E-state index is 12.7. The van der Waals surface area contributed by atoms with Gasteiger partial charge in [-0.25, -0.2) is 8.42 Å². The fourth-order valence-electron chi connectivity index (χ4n) is 2.90. The minimum atomic E-state index is -4.47. The fourth-order valence-corrected chi connectivity index (χ4v) is 4.72. The smallest absolute Gasteiger partial charge is 0.325 e. The number of benzene rings is 1. The molecule has 1 N–H and O–H groups in total. The Morgan fingerprint density at radius 2 is 1.81 bits per heavy atom. The summed E-state index contributed by atoms with van der Waals surface area (Å²) in [7, 11) is -3.21. The molecule has 2 aliphatic rings. The van der Waals surface area contributed by atoms with Crippen molar-refractivity contribution < 1.29 is 26.4 Å². The van der Waals surface area contributed by atoms with Crippen LogP contribution in [0.3, 0.4) is 0 Å². The summed E-state index contributed by atoms with van der Waals surface area (Å²) in [6.07, 6.45) is -3.05. The Balaban J connectivity index is 1.50. The molecule has 10 heteroatoms. The lowest BCUT2D eigenvalue weighted by atomic mass is 10.2. The highest BCUT2D eigenvalue weighted by Crippen LogP contribution is 2.32. The van der Waals surface area contributed by atoms with E-state index >= 15 is 0 Å². The molecule has 1 heterocycles. The van der Waals surface area contributed by atoms with Crippen LogP contribution >= 0.6 is 0 Å². The zero-order chi connectivity index (χ0) is 18.9. The van der Waals surface area contributed by atoms with E-state index in [4.69, 9.17) is 0 Å². The maximum atomic E-state index is 12.7. The third-order valence-corrected chi connectivity index (χ3v) is 6.88. The lowest BCUT2D eigenvalue weighted by Gasteiger charge is -2.33. The summed E-state index contributed by atoms with van der Waals surface area (Å²) >= 11 is 0. The van der Waals surface area contributed by atoms with Crippen LogP contribution in [0.2, 0.25) is 0 Å². The van der Waals surface area contributed by atoms with Gasteiger partial charge in [-0.2, -0.15) is 17.5 Å². The first-order chi connectivity index (χ1) is 12.2. The summed E-state index contributed by atoms with van der Waals surface area (Å²) in [4.78, 5) is 13.9. The van der Waals surface area contributed by atoms with Crippen LogP contribution in [0.1, 0.15) is 18.4 Å². The highest BCUT2D eigenvalue weighted by Gasteiger charge is 2.41. The van der Waals surface area contributed by atoms with Crippen LogP contribution in [0.4, 0.5) is 18.9 Å². The molecule has 1 aromatic rings.